The van der Waals surface area contributed by atoms with Crippen molar-refractivity contribution in [3.8, 4) is 0 Å². The van der Waals surface area contributed by atoms with Gasteiger partial charge in [0.15, 0.2) is 0 Å². The Morgan fingerprint density at radius 2 is 2.12 bits per heavy atom. The summed E-state index contributed by atoms with van der Waals surface area (Å²) in [5.41, 5.74) is 1.40. The molecule has 0 bridgehead atoms. The first-order chi connectivity index (χ1) is 8.16. The second-order valence-corrected chi connectivity index (χ2v) is 5.86. The number of nitrogens with one attached hydrogen (secondary N) is 1. The first kappa shape index (κ1) is 12.7. The molecule has 1 aromatic rings. The molecule has 96 valence electrons. The lowest BCUT2D eigenvalue weighted by Gasteiger charge is -2.35. The molecule has 0 aromatic carbocycles. The van der Waals surface area contributed by atoms with Gasteiger partial charge in [-0.15, -0.1) is 0 Å². The molecule has 1 saturated carbocycles. The largest absolute Gasteiger partial charge is 0.357 e. The smallest absolute Gasteiger partial charge is 0.0223 e. The molecule has 0 aliphatic heterocycles. The first-order valence-electron chi connectivity index (χ1n) is 7.01. The minimum atomic E-state index is 0.726. The van der Waals surface area contributed by atoms with Crippen LogP contribution in [0.3, 0.4) is 0 Å². The van der Waals surface area contributed by atoms with Crippen LogP contribution in [0.1, 0.15) is 45.1 Å². The molecule has 2 heteroatoms. The maximum Gasteiger partial charge on any atom is 0.0223 e. The van der Waals surface area contributed by atoms with Crippen molar-refractivity contribution in [3.63, 3.8) is 0 Å². The highest BCUT2D eigenvalue weighted by Gasteiger charge is 2.26. The lowest BCUT2D eigenvalue weighted by molar-refractivity contribution is 0.204. The lowest BCUT2D eigenvalue weighted by Crippen LogP contribution is -2.40. The van der Waals surface area contributed by atoms with E-state index in [0.29, 0.717) is 0 Å². The first-order valence-corrected chi connectivity index (χ1v) is 7.01. The molecule has 0 saturated heterocycles. The zero-order chi connectivity index (χ0) is 12.3. The molecule has 1 fully saturated rings. The van der Waals surface area contributed by atoms with E-state index in [9.17, 15) is 0 Å². The predicted molar refractivity (Wildman–Crippen MR) is 72.8 cm³/mol. The monoisotopic (exact) mass is 234 g/mol. The quantitative estimate of drug-likeness (QED) is 0.845. The van der Waals surface area contributed by atoms with E-state index in [4.69, 9.17) is 0 Å². The van der Waals surface area contributed by atoms with Crippen molar-refractivity contribution in [1.29, 1.82) is 0 Å². The van der Waals surface area contributed by atoms with Crippen molar-refractivity contribution in [2.24, 2.45) is 18.9 Å². The van der Waals surface area contributed by atoms with Gasteiger partial charge in [0.25, 0.3) is 0 Å². The summed E-state index contributed by atoms with van der Waals surface area (Å²) in [6.07, 6.45) is 9.92. The van der Waals surface area contributed by atoms with Gasteiger partial charge in [0.1, 0.15) is 0 Å². The van der Waals surface area contributed by atoms with Crippen LogP contribution in [0.4, 0.5) is 0 Å². The summed E-state index contributed by atoms with van der Waals surface area (Å²) in [7, 11) is 2.08. The Hall–Kier alpha value is -0.760. The molecule has 0 radical (unpaired) electrons. The summed E-state index contributed by atoms with van der Waals surface area (Å²) < 4.78 is 2.12. The van der Waals surface area contributed by atoms with Crippen molar-refractivity contribution in [3.05, 3.63) is 24.0 Å². The van der Waals surface area contributed by atoms with E-state index in [1.807, 2.05) is 0 Å². The van der Waals surface area contributed by atoms with Crippen LogP contribution in [-0.4, -0.2) is 10.6 Å². The van der Waals surface area contributed by atoms with Gasteiger partial charge in [-0.2, -0.15) is 0 Å². The number of aromatic nitrogens is 1. The van der Waals surface area contributed by atoms with Crippen LogP contribution in [0.15, 0.2) is 18.5 Å². The minimum absolute atomic E-state index is 0.726. The summed E-state index contributed by atoms with van der Waals surface area (Å²) in [4.78, 5) is 0. The SMILES string of the molecule is CC(C)C1CCCCC1NCc1ccn(C)c1. The molecule has 1 aliphatic carbocycles. The zero-order valence-electron chi connectivity index (χ0n) is 11.4. The van der Waals surface area contributed by atoms with Gasteiger partial charge in [0.2, 0.25) is 0 Å². The number of aryl methyl sites for hydroxylation is 1. The van der Waals surface area contributed by atoms with E-state index in [2.05, 4.69) is 49.2 Å². The van der Waals surface area contributed by atoms with Crippen molar-refractivity contribution < 1.29 is 0 Å². The Balaban J connectivity index is 1.88. The van der Waals surface area contributed by atoms with Gasteiger partial charge >= 0.3 is 0 Å². The summed E-state index contributed by atoms with van der Waals surface area (Å²) in [5, 5.41) is 3.77. The normalized spacial score (nSPS) is 25.4. The summed E-state index contributed by atoms with van der Waals surface area (Å²) in [6, 6.07) is 2.93. The van der Waals surface area contributed by atoms with Crippen LogP contribution >= 0.6 is 0 Å². The molecule has 1 N–H and O–H groups in total. The molecule has 0 spiro atoms. The van der Waals surface area contributed by atoms with Gasteiger partial charge in [0.05, 0.1) is 0 Å². The molecular weight excluding hydrogens is 208 g/mol. The maximum absolute atomic E-state index is 3.77. The van der Waals surface area contributed by atoms with Crippen LogP contribution in [0.2, 0.25) is 0 Å². The van der Waals surface area contributed by atoms with Crippen LogP contribution in [0.5, 0.6) is 0 Å². The van der Waals surface area contributed by atoms with E-state index in [0.717, 1.165) is 24.4 Å². The van der Waals surface area contributed by atoms with Crippen LogP contribution < -0.4 is 5.32 Å². The Morgan fingerprint density at radius 1 is 1.35 bits per heavy atom. The highest BCUT2D eigenvalue weighted by Crippen LogP contribution is 2.30. The van der Waals surface area contributed by atoms with Crippen LogP contribution in [0, 0.1) is 11.8 Å². The molecule has 2 rings (SSSR count). The third kappa shape index (κ3) is 3.35. The molecular formula is C15H26N2. The van der Waals surface area contributed by atoms with E-state index >= 15 is 0 Å². The standard InChI is InChI=1S/C15H26N2/c1-12(2)14-6-4-5-7-15(14)16-10-13-8-9-17(3)11-13/h8-9,11-12,14-16H,4-7,10H2,1-3H3. The molecule has 1 heterocycles. The highest BCUT2D eigenvalue weighted by molar-refractivity contribution is 5.09. The fraction of sp³-hybridized carbons (Fsp3) is 0.733. The summed E-state index contributed by atoms with van der Waals surface area (Å²) >= 11 is 0. The minimum Gasteiger partial charge on any atom is -0.357 e. The van der Waals surface area contributed by atoms with Crippen molar-refractivity contribution in [2.45, 2.75) is 52.1 Å². The number of hydrogen-bond donors (Lipinski definition) is 1. The molecule has 2 atom stereocenters. The molecule has 2 nitrogen and oxygen atoms in total. The van der Waals surface area contributed by atoms with Gasteiger partial charge < -0.3 is 9.88 Å². The van der Waals surface area contributed by atoms with Gasteiger partial charge in [-0.25, -0.2) is 0 Å². The number of hydrogen-bond acceptors (Lipinski definition) is 1. The second-order valence-electron chi connectivity index (χ2n) is 5.86. The molecule has 17 heavy (non-hydrogen) atoms. The Labute approximate surface area is 105 Å². The summed E-state index contributed by atoms with van der Waals surface area (Å²) in [6.45, 7) is 5.76. The Morgan fingerprint density at radius 3 is 2.76 bits per heavy atom. The number of rotatable bonds is 4. The van der Waals surface area contributed by atoms with Crippen molar-refractivity contribution >= 4 is 0 Å². The van der Waals surface area contributed by atoms with Crippen LogP contribution in [0.25, 0.3) is 0 Å². The lowest BCUT2D eigenvalue weighted by atomic mass is 9.78. The maximum atomic E-state index is 3.77. The molecule has 0 amide bonds. The van der Waals surface area contributed by atoms with Crippen LogP contribution in [-0.2, 0) is 13.6 Å². The molecule has 1 aliphatic rings. The average Bonchev–Trinajstić information content (AvgIpc) is 2.73. The molecule has 1 aromatic heterocycles. The third-order valence-corrected chi connectivity index (χ3v) is 4.14. The van der Waals surface area contributed by atoms with Gasteiger partial charge in [-0.05, 0) is 36.3 Å². The van der Waals surface area contributed by atoms with E-state index in [-0.39, 0.29) is 0 Å². The van der Waals surface area contributed by atoms with Crippen molar-refractivity contribution in [1.82, 2.24) is 9.88 Å². The fourth-order valence-corrected chi connectivity index (χ4v) is 3.13. The Kier molecular flexibility index (Phi) is 4.27. The topological polar surface area (TPSA) is 17.0 Å². The third-order valence-electron chi connectivity index (χ3n) is 4.14. The van der Waals surface area contributed by atoms with E-state index in [1.165, 1.54) is 31.2 Å². The number of nitrogens with zero attached hydrogens (tertiary/aromatic N) is 1. The summed E-state index contributed by atoms with van der Waals surface area (Å²) in [5.74, 6) is 1.68. The molecule has 2 unspecified atom stereocenters. The van der Waals surface area contributed by atoms with Gasteiger partial charge in [-0.3, -0.25) is 0 Å². The predicted octanol–water partition coefficient (Wildman–Crippen LogP) is 3.33. The fourth-order valence-electron chi connectivity index (χ4n) is 3.13. The van der Waals surface area contributed by atoms with Gasteiger partial charge in [0, 0.05) is 32.0 Å². The second kappa shape index (κ2) is 5.72. The average molecular weight is 234 g/mol. The van der Waals surface area contributed by atoms with E-state index in [1.54, 1.807) is 0 Å². The van der Waals surface area contributed by atoms with Gasteiger partial charge in [-0.1, -0.05) is 26.7 Å². The Bertz CT molecular complexity index is 340. The van der Waals surface area contributed by atoms with Crippen molar-refractivity contribution in [2.75, 3.05) is 0 Å². The zero-order valence-corrected chi connectivity index (χ0v) is 11.4. The highest BCUT2D eigenvalue weighted by atomic mass is 14.9. The van der Waals surface area contributed by atoms with E-state index < -0.39 is 0 Å².